The third-order valence-electron chi connectivity index (χ3n) is 5.01. The lowest BCUT2D eigenvalue weighted by molar-refractivity contribution is 0.169. The monoisotopic (exact) mass is 289 g/mol. The van der Waals surface area contributed by atoms with Gasteiger partial charge in [-0.15, -0.1) is 0 Å². The van der Waals surface area contributed by atoms with Crippen molar-refractivity contribution >= 4 is 0 Å². The lowest BCUT2D eigenvalue weighted by Gasteiger charge is -2.38. The van der Waals surface area contributed by atoms with Crippen LogP contribution in [-0.2, 0) is 6.54 Å². The zero-order valence-corrected chi connectivity index (χ0v) is 14.3. The molecule has 1 aromatic carbocycles. The van der Waals surface area contributed by atoms with Gasteiger partial charge < -0.3 is 10.1 Å². The summed E-state index contributed by atoms with van der Waals surface area (Å²) < 4.78 is 5.50. The number of ether oxygens (including phenoxy) is 1. The lowest BCUT2D eigenvalue weighted by Crippen LogP contribution is -2.42. The van der Waals surface area contributed by atoms with Crippen LogP contribution in [0.2, 0.25) is 0 Å². The highest BCUT2D eigenvalue weighted by atomic mass is 16.5. The number of aryl methyl sites for hydroxylation is 1. The molecule has 3 atom stereocenters. The minimum atomic E-state index is 0.638. The maximum Gasteiger partial charge on any atom is 0.123 e. The van der Waals surface area contributed by atoms with Gasteiger partial charge in [-0.2, -0.15) is 0 Å². The van der Waals surface area contributed by atoms with Crippen LogP contribution in [-0.4, -0.2) is 13.2 Å². The minimum absolute atomic E-state index is 0.638. The summed E-state index contributed by atoms with van der Waals surface area (Å²) in [5, 5.41) is 3.82. The molecule has 1 aliphatic carbocycles. The van der Waals surface area contributed by atoms with E-state index in [9.17, 15) is 0 Å². The zero-order valence-electron chi connectivity index (χ0n) is 14.3. The first-order chi connectivity index (χ1) is 10.0. The van der Waals surface area contributed by atoms with Crippen LogP contribution < -0.4 is 10.1 Å². The van der Waals surface area contributed by atoms with E-state index < -0.39 is 0 Å². The highest BCUT2D eigenvalue weighted by Crippen LogP contribution is 2.34. The van der Waals surface area contributed by atoms with Crippen molar-refractivity contribution in [3.05, 3.63) is 29.3 Å². The van der Waals surface area contributed by atoms with Crippen molar-refractivity contribution in [2.75, 3.05) is 7.11 Å². The smallest absolute Gasteiger partial charge is 0.123 e. The molecule has 2 heteroatoms. The molecule has 0 amide bonds. The van der Waals surface area contributed by atoms with Gasteiger partial charge in [0.05, 0.1) is 7.11 Å². The van der Waals surface area contributed by atoms with Gasteiger partial charge >= 0.3 is 0 Å². The van der Waals surface area contributed by atoms with Gasteiger partial charge in [-0.3, -0.25) is 0 Å². The third kappa shape index (κ3) is 4.23. The maximum atomic E-state index is 5.50. The van der Waals surface area contributed by atoms with Crippen molar-refractivity contribution in [2.45, 2.75) is 59.5 Å². The standard InChI is InChI=1S/C19H31NO/c1-13(2)17-8-6-15(4)11-18(17)20-12-16-10-14(3)7-9-19(16)21-5/h7,9-10,13,15,17-18,20H,6,8,11-12H2,1-5H3. The van der Waals surface area contributed by atoms with Gasteiger partial charge in [0.15, 0.2) is 0 Å². The second-order valence-corrected chi connectivity index (χ2v) is 7.13. The van der Waals surface area contributed by atoms with Gasteiger partial charge in [0, 0.05) is 18.2 Å². The highest BCUT2D eigenvalue weighted by Gasteiger charge is 2.30. The van der Waals surface area contributed by atoms with Crippen LogP contribution in [0.3, 0.4) is 0 Å². The second-order valence-electron chi connectivity index (χ2n) is 7.13. The van der Waals surface area contributed by atoms with Crippen LogP contribution in [0.4, 0.5) is 0 Å². The van der Waals surface area contributed by atoms with Gasteiger partial charge in [0.25, 0.3) is 0 Å². The van der Waals surface area contributed by atoms with Crippen LogP contribution >= 0.6 is 0 Å². The molecule has 1 fully saturated rings. The van der Waals surface area contributed by atoms with E-state index in [1.165, 1.54) is 30.4 Å². The van der Waals surface area contributed by atoms with E-state index in [0.29, 0.717) is 6.04 Å². The molecule has 3 unspecified atom stereocenters. The van der Waals surface area contributed by atoms with Crippen LogP contribution in [0.1, 0.15) is 51.2 Å². The Labute approximate surface area is 130 Å². The predicted molar refractivity (Wildman–Crippen MR) is 89.7 cm³/mol. The zero-order chi connectivity index (χ0) is 15.4. The molecule has 0 saturated heterocycles. The minimum Gasteiger partial charge on any atom is -0.496 e. The summed E-state index contributed by atoms with van der Waals surface area (Å²) in [5.74, 6) is 3.40. The van der Waals surface area contributed by atoms with Crippen LogP contribution in [0.5, 0.6) is 5.75 Å². The number of methoxy groups -OCH3 is 1. The summed E-state index contributed by atoms with van der Waals surface area (Å²) in [4.78, 5) is 0. The maximum absolute atomic E-state index is 5.50. The van der Waals surface area contributed by atoms with E-state index in [4.69, 9.17) is 4.74 Å². The summed E-state index contributed by atoms with van der Waals surface area (Å²) in [6, 6.07) is 7.07. The average molecular weight is 289 g/mol. The molecular formula is C19H31NO. The van der Waals surface area contributed by atoms with Crippen LogP contribution in [0, 0.1) is 24.7 Å². The van der Waals surface area contributed by atoms with Gasteiger partial charge in [0.1, 0.15) is 5.75 Å². The molecule has 0 aliphatic heterocycles. The number of benzene rings is 1. The molecular weight excluding hydrogens is 258 g/mol. The number of rotatable bonds is 5. The van der Waals surface area contributed by atoms with Crippen molar-refractivity contribution in [1.29, 1.82) is 0 Å². The Morgan fingerprint density at radius 3 is 2.71 bits per heavy atom. The molecule has 0 bridgehead atoms. The molecule has 0 radical (unpaired) electrons. The van der Waals surface area contributed by atoms with E-state index in [1.807, 2.05) is 0 Å². The summed E-state index contributed by atoms with van der Waals surface area (Å²) in [6.45, 7) is 10.2. The first-order valence-electron chi connectivity index (χ1n) is 8.38. The first kappa shape index (κ1) is 16.4. The van der Waals surface area contributed by atoms with Gasteiger partial charge in [-0.25, -0.2) is 0 Å². The molecule has 2 rings (SSSR count). The third-order valence-corrected chi connectivity index (χ3v) is 5.01. The van der Waals surface area contributed by atoms with Gasteiger partial charge in [0.2, 0.25) is 0 Å². The Balaban J connectivity index is 2.04. The fraction of sp³-hybridized carbons (Fsp3) is 0.684. The Morgan fingerprint density at radius 1 is 1.29 bits per heavy atom. The topological polar surface area (TPSA) is 21.3 Å². The van der Waals surface area contributed by atoms with Crippen molar-refractivity contribution in [3.63, 3.8) is 0 Å². The number of nitrogens with one attached hydrogen (secondary N) is 1. The van der Waals surface area contributed by atoms with Gasteiger partial charge in [-0.05, 0) is 43.6 Å². The Bertz CT molecular complexity index is 455. The SMILES string of the molecule is COc1ccc(C)cc1CNC1CC(C)CCC1C(C)C. The van der Waals surface area contributed by atoms with E-state index >= 15 is 0 Å². The number of hydrogen-bond acceptors (Lipinski definition) is 2. The van der Waals surface area contributed by atoms with E-state index in [0.717, 1.165) is 30.0 Å². The van der Waals surface area contributed by atoms with Crippen molar-refractivity contribution in [1.82, 2.24) is 5.32 Å². The number of hydrogen-bond donors (Lipinski definition) is 1. The van der Waals surface area contributed by atoms with Crippen molar-refractivity contribution in [2.24, 2.45) is 17.8 Å². The van der Waals surface area contributed by atoms with Crippen LogP contribution in [0.25, 0.3) is 0 Å². The Kier molecular flexibility index (Phi) is 5.69. The molecule has 1 aliphatic rings. The summed E-state index contributed by atoms with van der Waals surface area (Å²) in [5.41, 5.74) is 2.57. The normalized spacial score (nSPS) is 26.1. The predicted octanol–water partition coefficient (Wildman–Crippen LogP) is 4.55. The van der Waals surface area contributed by atoms with Crippen molar-refractivity contribution < 1.29 is 4.74 Å². The molecule has 1 aromatic rings. The molecule has 1 saturated carbocycles. The molecule has 118 valence electrons. The lowest BCUT2D eigenvalue weighted by atomic mass is 9.74. The molecule has 0 aromatic heterocycles. The fourth-order valence-electron chi connectivity index (χ4n) is 3.72. The quantitative estimate of drug-likeness (QED) is 0.858. The second kappa shape index (κ2) is 7.31. The Morgan fingerprint density at radius 2 is 2.05 bits per heavy atom. The molecule has 2 nitrogen and oxygen atoms in total. The fourth-order valence-corrected chi connectivity index (χ4v) is 3.72. The Hall–Kier alpha value is -1.02. The van der Waals surface area contributed by atoms with Crippen molar-refractivity contribution in [3.8, 4) is 5.75 Å². The summed E-state index contributed by atoms with van der Waals surface area (Å²) >= 11 is 0. The summed E-state index contributed by atoms with van der Waals surface area (Å²) in [7, 11) is 1.76. The molecule has 0 spiro atoms. The summed E-state index contributed by atoms with van der Waals surface area (Å²) in [6.07, 6.45) is 4.05. The molecule has 21 heavy (non-hydrogen) atoms. The van der Waals surface area contributed by atoms with E-state index in [1.54, 1.807) is 7.11 Å². The van der Waals surface area contributed by atoms with E-state index in [2.05, 4.69) is 51.2 Å². The molecule has 0 heterocycles. The first-order valence-corrected chi connectivity index (χ1v) is 8.38. The largest absolute Gasteiger partial charge is 0.496 e. The highest BCUT2D eigenvalue weighted by molar-refractivity contribution is 5.36. The van der Waals surface area contributed by atoms with E-state index in [-0.39, 0.29) is 0 Å². The van der Waals surface area contributed by atoms with Gasteiger partial charge in [-0.1, -0.05) is 44.9 Å². The molecule has 1 N–H and O–H groups in total. The average Bonchev–Trinajstić information content (AvgIpc) is 2.45. The van der Waals surface area contributed by atoms with Crippen LogP contribution in [0.15, 0.2) is 18.2 Å².